The van der Waals surface area contributed by atoms with E-state index in [1.54, 1.807) is 0 Å². The minimum atomic E-state index is -0.134. The van der Waals surface area contributed by atoms with Gasteiger partial charge in [-0.2, -0.15) is 0 Å². The Labute approximate surface area is 104 Å². The molecule has 0 spiro atoms. The summed E-state index contributed by atoms with van der Waals surface area (Å²) in [5, 5.41) is 0.681. The average Bonchev–Trinajstić information content (AvgIpc) is 2.14. The first-order valence-corrected chi connectivity index (χ1v) is 6.02. The standard InChI is InChI=1S/C11H15BrClNO/c1-7(2)15-11(6-14)9-4-3-8(12)5-10(9)13/h3-5,7,11H,6,14H2,1-2H3. The minimum Gasteiger partial charge on any atom is -0.369 e. The maximum absolute atomic E-state index is 6.12. The zero-order valence-electron chi connectivity index (χ0n) is 8.84. The van der Waals surface area contributed by atoms with Crippen LogP contribution in [0.25, 0.3) is 0 Å². The highest BCUT2D eigenvalue weighted by molar-refractivity contribution is 9.10. The highest BCUT2D eigenvalue weighted by Crippen LogP contribution is 2.28. The molecule has 0 amide bonds. The molecule has 2 N–H and O–H groups in total. The maximum Gasteiger partial charge on any atom is 0.0964 e. The molecule has 1 aromatic carbocycles. The van der Waals surface area contributed by atoms with Crippen LogP contribution in [0.5, 0.6) is 0 Å². The van der Waals surface area contributed by atoms with Crippen LogP contribution in [0.1, 0.15) is 25.5 Å². The number of rotatable bonds is 4. The zero-order valence-corrected chi connectivity index (χ0v) is 11.2. The van der Waals surface area contributed by atoms with E-state index in [1.165, 1.54) is 0 Å². The van der Waals surface area contributed by atoms with Crippen LogP contribution in [0, 0.1) is 0 Å². The molecular formula is C11H15BrClNO. The van der Waals surface area contributed by atoms with Gasteiger partial charge < -0.3 is 10.5 Å². The van der Waals surface area contributed by atoms with Crippen molar-refractivity contribution in [2.24, 2.45) is 5.73 Å². The predicted octanol–water partition coefficient (Wildman–Crippen LogP) is 3.53. The van der Waals surface area contributed by atoms with Crippen LogP contribution in [0.3, 0.4) is 0 Å². The largest absolute Gasteiger partial charge is 0.369 e. The SMILES string of the molecule is CC(C)OC(CN)c1ccc(Br)cc1Cl. The van der Waals surface area contributed by atoms with Crippen molar-refractivity contribution < 1.29 is 4.74 Å². The van der Waals surface area contributed by atoms with Gasteiger partial charge in [-0.25, -0.2) is 0 Å². The molecule has 0 aliphatic rings. The molecule has 4 heteroatoms. The predicted molar refractivity (Wildman–Crippen MR) is 67.2 cm³/mol. The van der Waals surface area contributed by atoms with Gasteiger partial charge in [0.2, 0.25) is 0 Å². The van der Waals surface area contributed by atoms with Gasteiger partial charge in [0.15, 0.2) is 0 Å². The molecule has 0 bridgehead atoms. The fourth-order valence-electron chi connectivity index (χ4n) is 1.35. The highest BCUT2D eigenvalue weighted by Gasteiger charge is 2.15. The summed E-state index contributed by atoms with van der Waals surface area (Å²) in [7, 11) is 0. The second-order valence-corrected chi connectivity index (χ2v) is 4.90. The third-order valence-corrected chi connectivity index (χ3v) is 2.78. The Hall–Kier alpha value is -0.0900. The molecule has 1 rings (SSSR count). The van der Waals surface area contributed by atoms with Gasteiger partial charge in [-0.15, -0.1) is 0 Å². The maximum atomic E-state index is 6.12. The van der Waals surface area contributed by atoms with Crippen molar-refractivity contribution in [3.63, 3.8) is 0 Å². The molecule has 0 saturated carbocycles. The molecule has 0 saturated heterocycles. The summed E-state index contributed by atoms with van der Waals surface area (Å²) in [6.07, 6.45) is 0.00358. The molecule has 15 heavy (non-hydrogen) atoms. The van der Waals surface area contributed by atoms with E-state index >= 15 is 0 Å². The number of nitrogens with two attached hydrogens (primary N) is 1. The molecule has 1 atom stereocenters. The molecule has 84 valence electrons. The van der Waals surface area contributed by atoms with Crippen LogP contribution >= 0.6 is 27.5 Å². The summed E-state index contributed by atoms with van der Waals surface area (Å²) in [6.45, 7) is 4.39. The van der Waals surface area contributed by atoms with E-state index in [4.69, 9.17) is 22.1 Å². The van der Waals surface area contributed by atoms with Gasteiger partial charge in [0.25, 0.3) is 0 Å². The first-order valence-electron chi connectivity index (χ1n) is 4.85. The molecule has 0 aliphatic carbocycles. The Morgan fingerprint density at radius 3 is 2.60 bits per heavy atom. The lowest BCUT2D eigenvalue weighted by atomic mass is 10.1. The van der Waals surface area contributed by atoms with Gasteiger partial charge in [-0.05, 0) is 26.0 Å². The molecule has 0 radical (unpaired) electrons. The Kier molecular flexibility index (Phi) is 5.06. The van der Waals surface area contributed by atoms with Crippen molar-refractivity contribution in [2.75, 3.05) is 6.54 Å². The Balaban J connectivity index is 2.91. The fourth-order valence-corrected chi connectivity index (χ4v) is 2.14. The van der Waals surface area contributed by atoms with Crippen LogP contribution in [0.2, 0.25) is 5.02 Å². The van der Waals surface area contributed by atoms with E-state index < -0.39 is 0 Å². The summed E-state index contributed by atoms with van der Waals surface area (Å²) >= 11 is 9.48. The quantitative estimate of drug-likeness (QED) is 0.921. The van der Waals surface area contributed by atoms with Gasteiger partial charge in [0.05, 0.1) is 12.2 Å². The molecule has 1 aromatic rings. The van der Waals surface area contributed by atoms with E-state index in [1.807, 2.05) is 32.0 Å². The molecule has 0 heterocycles. The minimum absolute atomic E-state index is 0.134. The highest BCUT2D eigenvalue weighted by atomic mass is 79.9. The summed E-state index contributed by atoms with van der Waals surface area (Å²) in [4.78, 5) is 0. The van der Waals surface area contributed by atoms with E-state index in [9.17, 15) is 0 Å². The average molecular weight is 293 g/mol. The molecule has 0 aromatic heterocycles. The summed E-state index contributed by atoms with van der Waals surface area (Å²) in [6, 6.07) is 5.73. The fraction of sp³-hybridized carbons (Fsp3) is 0.455. The van der Waals surface area contributed by atoms with Crippen molar-refractivity contribution in [2.45, 2.75) is 26.1 Å². The van der Waals surface area contributed by atoms with Crippen molar-refractivity contribution in [1.82, 2.24) is 0 Å². The third-order valence-electron chi connectivity index (χ3n) is 1.96. The van der Waals surface area contributed by atoms with Crippen molar-refractivity contribution >= 4 is 27.5 Å². The Bertz CT molecular complexity index is 330. The summed E-state index contributed by atoms with van der Waals surface area (Å²) in [5.41, 5.74) is 6.61. The zero-order chi connectivity index (χ0) is 11.4. The Morgan fingerprint density at radius 1 is 1.47 bits per heavy atom. The summed E-state index contributed by atoms with van der Waals surface area (Å²) < 4.78 is 6.64. The van der Waals surface area contributed by atoms with Gasteiger partial charge in [-0.3, -0.25) is 0 Å². The number of halogens is 2. The summed E-state index contributed by atoms with van der Waals surface area (Å²) in [5.74, 6) is 0. The topological polar surface area (TPSA) is 35.2 Å². The van der Waals surface area contributed by atoms with Gasteiger partial charge in [0, 0.05) is 21.6 Å². The van der Waals surface area contributed by atoms with E-state index in [0.717, 1.165) is 10.0 Å². The van der Waals surface area contributed by atoms with E-state index in [0.29, 0.717) is 11.6 Å². The monoisotopic (exact) mass is 291 g/mol. The van der Waals surface area contributed by atoms with Crippen LogP contribution in [-0.2, 0) is 4.74 Å². The lowest BCUT2D eigenvalue weighted by Crippen LogP contribution is -2.19. The number of hydrogen-bond acceptors (Lipinski definition) is 2. The van der Waals surface area contributed by atoms with Crippen molar-refractivity contribution in [1.29, 1.82) is 0 Å². The van der Waals surface area contributed by atoms with E-state index in [-0.39, 0.29) is 12.2 Å². The lowest BCUT2D eigenvalue weighted by molar-refractivity contribution is 0.0120. The second-order valence-electron chi connectivity index (χ2n) is 3.58. The van der Waals surface area contributed by atoms with E-state index in [2.05, 4.69) is 15.9 Å². The third kappa shape index (κ3) is 3.76. The molecule has 2 nitrogen and oxygen atoms in total. The molecule has 0 aliphatic heterocycles. The number of ether oxygens (including phenoxy) is 1. The van der Waals surface area contributed by atoms with Crippen molar-refractivity contribution in [3.05, 3.63) is 33.3 Å². The van der Waals surface area contributed by atoms with Crippen LogP contribution < -0.4 is 5.73 Å². The van der Waals surface area contributed by atoms with Crippen LogP contribution in [-0.4, -0.2) is 12.6 Å². The first-order chi connectivity index (χ1) is 7.04. The van der Waals surface area contributed by atoms with Gasteiger partial charge >= 0.3 is 0 Å². The first kappa shape index (κ1) is 13.0. The van der Waals surface area contributed by atoms with Crippen LogP contribution in [0.4, 0.5) is 0 Å². The van der Waals surface area contributed by atoms with Crippen molar-refractivity contribution in [3.8, 4) is 0 Å². The van der Waals surface area contributed by atoms with Gasteiger partial charge in [-0.1, -0.05) is 33.6 Å². The number of hydrogen-bond donors (Lipinski definition) is 1. The smallest absolute Gasteiger partial charge is 0.0964 e. The van der Waals surface area contributed by atoms with Gasteiger partial charge in [0.1, 0.15) is 0 Å². The lowest BCUT2D eigenvalue weighted by Gasteiger charge is -2.20. The normalized spacial score (nSPS) is 13.2. The molecule has 1 unspecified atom stereocenters. The second kappa shape index (κ2) is 5.85. The van der Waals surface area contributed by atoms with Crippen LogP contribution in [0.15, 0.2) is 22.7 Å². The molecule has 0 fully saturated rings. The Morgan fingerprint density at radius 2 is 2.13 bits per heavy atom. The number of benzene rings is 1. The molecular weight excluding hydrogens is 277 g/mol.